The summed E-state index contributed by atoms with van der Waals surface area (Å²) in [5.41, 5.74) is 5.87. The van der Waals surface area contributed by atoms with Gasteiger partial charge in [0.15, 0.2) is 12.0 Å². The summed E-state index contributed by atoms with van der Waals surface area (Å²) in [6.45, 7) is 1.75. The van der Waals surface area contributed by atoms with Gasteiger partial charge in [-0.3, -0.25) is 9.89 Å². The van der Waals surface area contributed by atoms with E-state index in [9.17, 15) is 4.79 Å². The predicted molar refractivity (Wildman–Crippen MR) is 111 cm³/mol. The summed E-state index contributed by atoms with van der Waals surface area (Å²) < 4.78 is 5.30. The molecule has 8 nitrogen and oxygen atoms in total. The van der Waals surface area contributed by atoms with Crippen molar-refractivity contribution in [1.29, 1.82) is 5.26 Å². The number of carbonyl (C=O) groups is 1. The largest absolute Gasteiger partial charge is 0.443 e. The summed E-state index contributed by atoms with van der Waals surface area (Å²) in [5.74, 6) is -0.342. The van der Waals surface area contributed by atoms with E-state index in [1.54, 1.807) is 19.1 Å². The number of benzene rings is 2. The number of H-pyrrole nitrogens is 1. The van der Waals surface area contributed by atoms with Crippen LogP contribution in [0.15, 0.2) is 59.5 Å². The van der Waals surface area contributed by atoms with E-state index in [-0.39, 0.29) is 11.6 Å². The van der Waals surface area contributed by atoms with Crippen LogP contribution in [-0.4, -0.2) is 26.1 Å². The van der Waals surface area contributed by atoms with Crippen LogP contribution < -0.4 is 5.32 Å². The lowest BCUT2D eigenvalue weighted by molar-refractivity contribution is 0.102. The minimum atomic E-state index is -0.342. The van der Waals surface area contributed by atoms with Gasteiger partial charge in [0.1, 0.15) is 23.0 Å². The Balaban J connectivity index is 1.50. The number of amides is 1. The van der Waals surface area contributed by atoms with E-state index in [2.05, 4.69) is 25.5 Å². The molecule has 5 rings (SSSR count). The Morgan fingerprint density at radius 3 is 2.90 bits per heavy atom. The monoisotopic (exact) mass is 394 g/mol. The van der Waals surface area contributed by atoms with Crippen molar-refractivity contribution in [2.75, 3.05) is 5.32 Å². The Morgan fingerprint density at radius 2 is 2.07 bits per heavy atom. The second-order valence-corrected chi connectivity index (χ2v) is 6.82. The van der Waals surface area contributed by atoms with Gasteiger partial charge in [-0.25, -0.2) is 9.97 Å². The third kappa shape index (κ3) is 2.95. The number of aromatic amines is 1. The highest BCUT2D eigenvalue weighted by molar-refractivity contribution is 6.05. The van der Waals surface area contributed by atoms with E-state index < -0.39 is 0 Å². The number of carbonyl (C=O) groups excluding carboxylic acids is 1. The van der Waals surface area contributed by atoms with E-state index in [1.807, 2.05) is 36.4 Å². The second-order valence-electron chi connectivity index (χ2n) is 6.82. The molecule has 1 amide bonds. The fourth-order valence-electron chi connectivity index (χ4n) is 3.38. The van der Waals surface area contributed by atoms with Crippen molar-refractivity contribution in [3.8, 4) is 17.3 Å². The van der Waals surface area contributed by atoms with Gasteiger partial charge in [0.2, 0.25) is 0 Å². The molecule has 2 aromatic carbocycles. The maximum absolute atomic E-state index is 12.7. The summed E-state index contributed by atoms with van der Waals surface area (Å²) in [6.07, 6.45) is 2.79. The molecule has 0 spiro atoms. The molecule has 0 atom stereocenters. The molecule has 0 saturated heterocycles. The molecule has 5 aromatic rings. The van der Waals surface area contributed by atoms with Crippen molar-refractivity contribution in [3.63, 3.8) is 0 Å². The molecule has 3 aromatic heterocycles. The van der Waals surface area contributed by atoms with E-state index in [0.717, 1.165) is 27.7 Å². The van der Waals surface area contributed by atoms with E-state index in [0.29, 0.717) is 22.4 Å². The lowest BCUT2D eigenvalue weighted by Crippen LogP contribution is -2.15. The van der Waals surface area contributed by atoms with Crippen molar-refractivity contribution in [2.24, 2.45) is 0 Å². The summed E-state index contributed by atoms with van der Waals surface area (Å²) in [7, 11) is 0. The number of nitrogens with one attached hydrogen (secondary N) is 2. The van der Waals surface area contributed by atoms with Crippen molar-refractivity contribution in [1.82, 2.24) is 20.2 Å². The highest BCUT2D eigenvalue weighted by Gasteiger charge is 2.14. The number of aryl methyl sites for hydroxylation is 1. The molecule has 0 aliphatic rings. The van der Waals surface area contributed by atoms with Crippen molar-refractivity contribution < 1.29 is 9.21 Å². The molecule has 0 radical (unpaired) electrons. The van der Waals surface area contributed by atoms with Crippen LogP contribution in [0.25, 0.3) is 33.3 Å². The molecule has 2 N–H and O–H groups in total. The maximum Gasteiger partial charge on any atom is 0.274 e. The van der Waals surface area contributed by atoms with Crippen molar-refractivity contribution in [3.05, 3.63) is 71.9 Å². The standard InChI is InChI=1S/C22H14N6O2/c1-12-6-13(9-23)10-24-20(12)22(29)26-15-3-4-17-16(8-15)21(28-27-17)14-2-5-19-18(7-14)25-11-30-19/h2-8,10-11H,1H3,(H,26,29)(H,27,28). The first-order chi connectivity index (χ1) is 14.6. The average Bonchev–Trinajstić information content (AvgIpc) is 3.39. The number of anilines is 1. The zero-order valence-corrected chi connectivity index (χ0v) is 15.8. The highest BCUT2D eigenvalue weighted by atomic mass is 16.3. The zero-order valence-electron chi connectivity index (χ0n) is 15.8. The smallest absolute Gasteiger partial charge is 0.274 e. The average molecular weight is 394 g/mol. The zero-order chi connectivity index (χ0) is 20.7. The number of hydrogen-bond acceptors (Lipinski definition) is 6. The fourth-order valence-corrected chi connectivity index (χ4v) is 3.38. The Labute approximate surface area is 170 Å². The first-order valence-electron chi connectivity index (χ1n) is 9.12. The lowest BCUT2D eigenvalue weighted by Gasteiger charge is -2.07. The molecule has 0 unspecified atom stereocenters. The number of fused-ring (bicyclic) bond motifs is 2. The van der Waals surface area contributed by atoms with E-state index in [4.69, 9.17) is 9.68 Å². The minimum absolute atomic E-state index is 0.276. The predicted octanol–water partition coefficient (Wildman–Crippen LogP) is 4.20. The molecule has 0 fully saturated rings. The summed E-state index contributed by atoms with van der Waals surface area (Å²) >= 11 is 0. The third-order valence-electron chi connectivity index (χ3n) is 4.85. The van der Waals surface area contributed by atoms with E-state index in [1.165, 1.54) is 12.6 Å². The molecule has 0 aliphatic heterocycles. The van der Waals surface area contributed by atoms with Gasteiger partial charge in [-0.2, -0.15) is 10.4 Å². The molecule has 8 heteroatoms. The molecule has 3 heterocycles. The van der Waals surface area contributed by atoms with Gasteiger partial charge >= 0.3 is 0 Å². The Bertz CT molecular complexity index is 1470. The Hall–Kier alpha value is -4.51. The second kappa shape index (κ2) is 6.83. The van der Waals surface area contributed by atoms with Crippen molar-refractivity contribution in [2.45, 2.75) is 6.92 Å². The first-order valence-corrected chi connectivity index (χ1v) is 9.12. The minimum Gasteiger partial charge on any atom is -0.443 e. The normalized spacial score (nSPS) is 10.9. The van der Waals surface area contributed by atoms with Crippen molar-refractivity contribution >= 4 is 33.6 Å². The number of hydrogen-bond donors (Lipinski definition) is 2. The van der Waals surface area contributed by atoms with Crippen LogP contribution >= 0.6 is 0 Å². The number of aromatic nitrogens is 4. The number of nitrogens with zero attached hydrogens (tertiary/aromatic N) is 4. The van der Waals surface area contributed by atoms with Crippen LogP contribution in [-0.2, 0) is 0 Å². The molecule has 0 bridgehead atoms. The van der Waals surface area contributed by atoms with Gasteiger partial charge in [-0.05, 0) is 55.0 Å². The fraction of sp³-hybridized carbons (Fsp3) is 0.0455. The summed E-state index contributed by atoms with van der Waals surface area (Å²) in [6, 6.07) is 14.8. The van der Waals surface area contributed by atoms with Gasteiger partial charge in [0.05, 0.1) is 11.1 Å². The maximum atomic E-state index is 12.7. The van der Waals surface area contributed by atoms with Gasteiger partial charge in [-0.15, -0.1) is 0 Å². The summed E-state index contributed by atoms with van der Waals surface area (Å²) in [4.78, 5) is 21.0. The topological polar surface area (TPSA) is 120 Å². The van der Waals surface area contributed by atoms with Crippen LogP contribution in [0.4, 0.5) is 5.69 Å². The molecule has 30 heavy (non-hydrogen) atoms. The lowest BCUT2D eigenvalue weighted by atomic mass is 10.1. The highest BCUT2D eigenvalue weighted by Crippen LogP contribution is 2.30. The number of nitriles is 1. The van der Waals surface area contributed by atoms with E-state index >= 15 is 0 Å². The van der Waals surface area contributed by atoms with Crippen LogP contribution in [0.1, 0.15) is 21.6 Å². The van der Waals surface area contributed by atoms with Gasteiger partial charge in [-0.1, -0.05) is 0 Å². The van der Waals surface area contributed by atoms with Crippen LogP contribution in [0.5, 0.6) is 0 Å². The number of pyridine rings is 1. The Morgan fingerprint density at radius 1 is 1.17 bits per heavy atom. The van der Waals surface area contributed by atoms with Crippen LogP contribution in [0.2, 0.25) is 0 Å². The third-order valence-corrected chi connectivity index (χ3v) is 4.85. The SMILES string of the molecule is Cc1cc(C#N)cnc1C(=O)Nc1ccc2[nH]nc(-c3ccc4ocnc4c3)c2c1. The van der Waals surface area contributed by atoms with Crippen LogP contribution in [0, 0.1) is 18.3 Å². The molecule has 144 valence electrons. The van der Waals surface area contributed by atoms with Crippen LogP contribution in [0.3, 0.4) is 0 Å². The first kappa shape index (κ1) is 17.6. The summed E-state index contributed by atoms with van der Waals surface area (Å²) in [5, 5.41) is 20.1. The molecular formula is C22H14N6O2. The number of rotatable bonds is 3. The molecule has 0 saturated carbocycles. The van der Waals surface area contributed by atoms with Gasteiger partial charge in [0.25, 0.3) is 5.91 Å². The van der Waals surface area contributed by atoms with Gasteiger partial charge < -0.3 is 9.73 Å². The quantitative estimate of drug-likeness (QED) is 0.473. The van der Waals surface area contributed by atoms with Gasteiger partial charge in [0, 0.05) is 22.8 Å². The number of oxazole rings is 1. The molecular weight excluding hydrogens is 380 g/mol. The molecule has 0 aliphatic carbocycles. The Kier molecular flexibility index (Phi) is 4.00.